The first-order chi connectivity index (χ1) is 10.7. The van der Waals surface area contributed by atoms with Crippen LogP contribution in [0.4, 0.5) is 9.57 Å². The van der Waals surface area contributed by atoms with E-state index in [-0.39, 0.29) is 33.7 Å². The van der Waals surface area contributed by atoms with Gasteiger partial charge in [0.1, 0.15) is 17.3 Å². The lowest BCUT2D eigenvalue weighted by molar-refractivity contribution is -0.384. The molecule has 0 aliphatic heterocycles. The monoisotopic (exact) mass is 379 g/mol. The van der Waals surface area contributed by atoms with E-state index in [2.05, 4.69) is 0 Å². The summed E-state index contributed by atoms with van der Waals surface area (Å²) in [5.41, 5.74) is 0.0192. The summed E-state index contributed by atoms with van der Waals surface area (Å²) in [6.45, 7) is -0.195. The number of hydrogen-bond donors (Lipinski definition) is 0. The van der Waals surface area contributed by atoms with Crippen LogP contribution in [0.1, 0.15) is 5.56 Å². The molecule has 0 spiro atoms. The molecule has 122 valence electrons. The molecular weight excluding hydrogens is 372 g/mol. The Bertz CT molecular complexity index is 873. The van der Waals surface area contributed by atoms with Crippen molar-refractivity contribution in [3.8, 4) is 5.75 Å². The van der Waals surface area contributed by atoms with Crippen LogP contribution >= 0.6 is 23.2 Å². The maximum Gasteiger partial charge on any atom is 0.333 e. The summed E-state index contributed by atoms with van der Waals surface area (Å²) in [6, 6.07) is 7.40. The van der Waals surface area contributed by atoms with Crippen LogP contribution < -0.4 is 4.74 Å². The first-order valence-corrected chi connectivity index (χ1v) is 8.13. The lowest BCUT2D eigenvalue weighted by Crippen LogP contribution is -2.01. The van der Waals surface area contributed by atoms with Crippen molar-refractivity contribution in [2.24, 2.45) is 0 Å². The highest BCUT2D eigenvalue weighted by molar-refractivity contribution is 7.86. The number of hydrogen-bond acceptors (Lipinski definition) is 5. The second kappa shape index (κ2) is 6.69. The molecule has 2 aromatic carbocycles. The second-order valence-electron chi connectivity index (χ2n) is 4.33. The van der Waals surface area contributed by atoms with E-state index in [4.69, 9.17) is 27.9 Å². The molecule has 0 heterocycles. The third-order valence-corrected chi connectivity index (χ3v) is 4.53. The van der Waals surface area contributed by atoms with Gasteiger partial charge in [0, 0.05) is 17.7 Å². The van der Waals surface area contributed by atoms with Gasteiger partial charge in [0.25, 0.3) is 5.69 Å². The molecule has 10 heteroatoms. The van der Waals surface area contributed by atoms with E-state index < -0.39 is 20.0 Å². The number of ether oxygens (including phenoxy) is 1. The molecule has 23 heavy (non-hydrogen) atoms. The fraction of sp³-hybridized carbons (Fsp3) is 0.0769. The summed E-state index contributed by atoms with van der Waals surface area (Å²) >= 11 is 11.7. The summed E-state index contributed by atoms with van der Waals surface area (Å²) in [4.78, 5) is 9.35. The molecule has 0 bridgehead atoms. The standard InChI is InChI=1S/C13H8Cl2FNO5S/c14-10-6-9(17(18)19)4-5-11(10)22-7-8-2-1-3-12(13(8)15)23(16,20)21/h1-6H,7H2. The Balaban J connectivity index is 2.24. The Morgan fingerprint density at radius 1 is 1.22 bits per heavy atom. The van der Waals surface area contributed by atoms with Gasteiger partial charge in [-0.2, -0.15) is 8.42 Å². The zero-order valence-electron chi connectivity index (χ0n) is 11.2. The molecule has 0 amide bonds. The first kappa shape index (κ1) is 17.5. The summed E-state index contributed by atoms with van der Waals surface area (Å²) in [7, 11) is -4.95. The van der Waals surface area contributed by atoms with E-state index >= 15 is 0 Å². The Hall–Kier alpha value is -1.90. The second-order valence-corrected chi connectivity index (χ2v) is 6.43. The topological polar surface area (TPSA) is 86.5 Å². The molecule has 0 atom stereocenters. The summed E-state index contributed by atoms with van der Waals surface area (Å²) < 4.78 is 40.3. The predicted molar refractivity (Wildman–Crippen MR) is 82.2 cm³/mol. The van der Waals surface area contributed by atoms with Gasteiger partial charge in [0.2, 0.25) is 0 Å². The highest BCUT2D eigenvalue weighted by Gasteiger charge is 2.19. The van der Waals surface area contributed by atoms with Crippen LogP contribution in [0.5, 0.6) is 5.75 Å². The lowest BCUT2D eigenvalue weighted by atomic mass is 10.2. The molecule has 6 nitrogen and oxygen atoms in total. The van der Waals surface area contributed by atoms with E-state index in [1.807, 2.05) is 0 Å². The highest BCUT2D eigenvalue weighted by atomic mass is 35.5. The molecule has 0 saturated heterocycles. The van der Waals surface area contributed by atoms with Crippen LogP contribution in [0.3, 0.4) is 0 Å². The number of nitro benzene ring substituents is 1. The minimum atomic E-state index is -4.95. The first-order valence-electron chi connectivity index (χ1n) is 5.99. The van der Waals surface area contributed by atoms with Crippen molar-refractivity contribution >= 4 is 39.1 Å². The number of halogens is 3. The van der Waals surface area contributed by atoms with Crippen molar-refractivity contribution < 1.29 is 22.0 Å². The van der Waals surface area contributed by atoms with Crippen LogP contribution in [0.15, 0.2) is 41.3 Å². The summed E-state index contributed by atoms with van der Waals surface area (Å²) in [6.07, 6.45) is 0. The van der Waals surface area contributed by atoms with Crippen molar-refractivity contribution in [3.63, 3.8) is 0 Å². The Labute approximate surface area is 140 Å². The third-order valence-electron chi connectivity index (χ3n) is 2.82. The molecular formula is C13H8Cl2FNO5S. The van der Waals surface area contributed by atoms with Gasteiger partial charge in [-0.3, -0.25) is 10.1 Å². The molecule has 0 saturated carbocycles. The molecule has 2 aromatic rings. The quantitative estimate of drug-likeness (QED) is 0.442. The number of rotatable bonds is 5. The average Bonchev–Trinajstić information content (AvgIpc) is 2.45. The highest BCUT2D eigenvalue weighted by Crippen LogP contribution is 2.31. The van der Waals surface area contributed by atoms with Gasteiger partial charge < -0.3 is 4.74 Å². The fourth-order valence-corrected chi connectivity index (χ4v) is 3.00. The smallest absolute Gasteiger partial charge is 0.333 e. The molecule has 0 fully saturated rings. The molecule has 0 aliphatic carbocycles. The van der Waals surface area contributed by atoms with Crippen LogP contribution in [-0.2, 0) is 16.8 Å². The fourth-order valence-electron chi connectivity index (χ4n) is 1.73. The molecule has 2 rings (SSSR count). The molecule has 0 unspecified atom stereocenters. The maximum atomic E-state index is 13.1. The van der Waals surface area contributed by atoms with Crippen molar-refractivity contribution in [1.82, 2.24) is 0 Å². The van der Waals surface area contributed by atoms with Gasteiger partial charge >= 0.3 is 10.2 Å². The zero-order valence-corrected chi connectivity index (χ0v) is 13.5. The van der Waals surface area contributed by atoms with Crippen molar-refractivity contribution in [1.29, 1.82) is 0 Å². The lowest BCUT2D eigenvalue weighted by Gasteiger charge is -2.10. The van der Waals surface area contributed by atoms with Crippen LogP contribution in [0.25, 0.3) is 0 Å². The van der Waals surface area contributed by atoms with E-state index in [0.717, 1.165) is 12.1 Å². The summed E-state index contributed by atoms with van der Waals surface area (Å²) in [5, 5.41) is 10.3. The van der Waals surface area contributed by atoms with E-state index in [1.54, 1.807) is 0 Å². The van der Waals surface area contributed by atoms with E-state index in [1.165, 1.54) is 24.3 Å². The van der Waals surface area contributed by atoms with Gasteiger partial charge in [-0.25, -0.2) is 0 Å². The molecule has 0 N–H and O–H groups in total. The van der Waals surface area contributed by atoms with Crippen molar-refractivity contribution in [2.45, 2.75) is 11.5 Å². The van der Waals surface area contributed by atoms with Crippen LogP contribution in [0.2, 0.25) is 10.0 Å². The van der Waals surface area contributed by atoms with Crippen LogP contribution in [0, 0.1) is 10.1 Å². The zero-order chi connectivity index (χ0) is 17.2. The Morgan fingerprint density at radius 3 is 2.48 bits per heavy atom. The number of non-ortho nitro benzene ring substituents is 1. The third kappa shape index (κ3) is 4.10. The van der Waals surface area contributed by atoms with Crippen molar-refractivity contribution in [2.75, 3.05) is 0 Å². The van der Waals surface area contributed by atoms with E-state index in [9.17, 15) is 22.4 Å². The SMILES string of the molecule is O=[N+]([O-])c1ccc(OCc2cccc(S(=O)(=O)F)c2Cl)c(Cl)c1. The predicted octanol–water partition coefficient (Wildman–Crippen LogP) is 4.14. The van der Waals surface area contributed by atoms with Crippen molar-refractivity contribution in [3.05, 3.63) is 62.1 Å². The minimum Gasteiger partial charge on any atom is -0.487 e. The summed E-state index contributed by atoms with van der Waals surface area (Å²) in [5.74, 6) is 0.141. The Kier molecular flexibility index (Phi) is 5.08. The number of nitro groups is 1. The molecule has 0 radical (unpaired) electrons. The van der Waals surface area contributed by atoms with E-state index in [0.29, 0.717) is 0 Å². The Morgan fingerprint density at radius 2 is 1.91 bits per heavy atom. The normalized spacial score (nSPS) is 11.3. The van der Waals surface area contributed by atoms with Gasteiger partial charge in [0.15, 0.2) is 0 Å². The van der Waals surface area contributed by atoms with Gasteiger partial charge in [-0.15, -0.1) is 3.89 Å². The van der Waals surface area contributed by atoms with Gasteiger partial charge in [-0.1, -0.05) is 35.3 Å². The number of nitrogens with zero attached hydrogens (tertiary/aromatic N) is 1. The van der Waals surface area contributed by atoms with Gasteiger partial charge in [0.05, 0.1) is 15.0 Å². The molecule has 0 aliphatic rings. The largest absolute Gasteiger partial charge is 0.487 e. The number of benzene rings is 2. The average molecular weight is 380 g/mol. The maximum absolute atomic E-state index is 13.1. The van der Waals surface area contributed by atoms with Gasteiger partial charge in [-0.05, 0) is 12.1 Å². The van der Waals surface area contributed by atoms with Crippen LogP contribution in [-0.4, -0.2) is 13.3 Å². The minimum absolute atomic E-state index is 0.00425. The molecule has 0 aromatic heterocycles.